The minimum atomic E-state index is -0.474. The standard InChI is InChI=1S/C14H21FN2O2/c1-14(2,3)19-13(18)17-8-5-4-6-11-7-9-16-12(15)10-11/h7,9-10H,4-6,8H2,1-3H3,(H,17,18). The maximum atomic E-state index is 12.8. The molecule has 0 saturated carbocycles. The summed E-state index contributed by atoms with van der Waals surface area (Å²) in [5, 5.41) is 2.69. The number of carbonyl (C=O) groups excluding carboxylic acids is 1. The van der Waals surface area contributed by atoms with Crippen LogP contribution in [0.25, 0.3) is 0 Å². The average Bonchev–Trinajstić information content (AvgIpc) is 2.26. The van der Waals surface area contributed by atoms with Crippen LogP contribution in [0.2, 0.25) is 0 Å². The van der Waals surface area contributed by atoms with Crippen LogP contribution in [-0.4, -0.2) is 23.2 Å². The Bertz CT molecular complexity index is 416. The lowest BCUT2D eigenvalue weighted by Crippen LogP contribution is -2.33. The minimum absolute atomic E-state index is 0.401. The van der Waals surface area contributed by atoms with Crippen molar-refractivity contribution in [3.8, 4) is 0 Å². The molecule has 4 nitrogen and oxygen atoms in total. The van der Waals surface area contributed by atoms with Gasteiger partial charge < -0.3 is 10.1 Å². The summed E-state index contributed by atoms with van der Waals surface area (Å²) in [5.41, 5.74) is 0.448. The van der Waals surface area contributed by atoms with Gasteiger partial charge >= 0.3 is 6.09 Å². The van der Waals surface area contributed by atoms with Gasteiger partial charge in [0.25, 0.3) is 0 Å². The molecule has 5 heteroatoms. The molecular weight excluding hydrogens is 247 g/mol. The number of unbranched alkanes of at least 4 members (excludes halogenated alkanes) is 1. The molecule has 0 aromatic carbocycles. The molecule has 1 aromatic rings. The molecule has 0 fully saturated rings. The minimum Gasteiger partial charge on any atom is -0.444 e. The van der Waals surface area contributed by atoms with Gasteiger partial charge in [0.2, 0.25) is 5.95 Å². The molecule has 0 aliphatic rings. The second-order valence-corrected chi connectivity index (χ2v) is 5.37. The Labute approximate surface area is 113 Å². The van der Waals surface area contributed by atoms with E-state index in [9.17, 15) is 9.18 Å². The van der Waals surface area contributed by atoms with Crippen LogP contribution < -0.4 is 5.32 Å². The molecule has 0 bridgehead atoms. The number of ether oxygens (including phenoxy) is 1. The summed E-state index contributed by atoms with van der Waals surface area (Å²) < 4.78 is 17.9. The quantitative estimate of drug-likeness (QED) is 0.659. The van der Waals surface area contributed by atoms with E-state index < -0.39 is 17.6 Å². The molecule has 0 atom stereocenters. The Hall–Kier alpha value is -1.65. The number of halogens is 1. The molecule has 0 unspecified atom stereocenters. The van der Waals surface area contributed by atoms with Crippen molar-refractivity contribution in [3.05, 3.63) is 29.8 Å². The van der Waals surface area contributed by atoms with Gasteiger partial charge in [0.1, 0.15) is 5.60 Å². The van der Waals surface area contributed by atoms with Crippen LogP contribution in [0.1, 0.15) is 39.2 Å². The summed E-state index contributed by atoms with van der Waals surface area (Å²) in [6.45, 7) is 6.03. The van der Waals surface area contributed by atoms with Crippen molar-refractivity contribution in [2.45, 2.75) is 45.6 Å². The summed E-state index contributed by atoms with van der Waals surface area (Å²) in [4.78, 5) is 14.8. The normalized spacial score (nSPS) is 11.2. The highest BCUT2D eigenvalue weighted by atomic mass is 19.1. The second kappa shape index (κ2) is 7.07. The number of nitrogens with zero attached hydrogens (tertiary/aromatic N) is 1. The van der Waals surface area contributed by atoms with Gasteiger partial charge in [0, 0.05) is 12.7 Å². The van der Waals surface area contributed by atoms with Gasteiger partial charge in [-0.15, -0.1) is 0 Å². The SMILES string of the molecule is CC(C)(C)OC(=O)NCCCCc1ccnc(F)c1. The van der Waals surface area contributed by atoms with Crippen molar-refractivity contribution in [2.24, 2.45) is 0 Å². The Morgan fingerprint density at radius 2 is 2.16 bits per heavy atom. The first-order valence-electron chi connectivity index (χ1n) is 6.44. The largest absolute Gasteiger partial charge is 0.444 e. The number of pyridine rings is 1. The molecule has 0 radical (unpaired) electrons. The van der Waals surface area contributed by atoms with Gasteiger partial charge in [-0.25, -0.2) is 9.78 Å². The third-order valence-electron chi connectivity index (χ3n) is 2.35. The Kier molecular flexibility index (Phi) is 5.73. The van der Waals surface area contributed by atoms with E-state index in [0.717, 1.165) is 24.8 Å². The third-order valence-corrected chi connectivity index (χ3v) is 2.35. The topological polar surface area (TPSA) is 51.2 Å². The Morgan fingerprint density at radius 3 is 2.79 bits per heavy atom. The molecule has 1 rings (SSSR count). The van der Waals surface area contributed by atoms with Gasteiger partial charge in [0.05, 0.1) is 0 Å². The van der Waals surface area contributed by atoms with Gasteiger partial charge in [-0.3, -0.25) is 0 Å². The second-order valence-electron chi connectivity index (χ2n) is 5.37. The predicted molar refractivity (Wildman–Crippen MR) is 71.4 cm³/mol. The molecule has 1 aromatic heterocycles. The van der Waals surface area contributed by atoms with Gasteiger partial charge in [-0.2, -0.15) is 4.39 Å². The molecule has 1 N–H and O–H groups in total. The number of amides is 1. The third kappa shape index (κ3) is 7.39. The molecule has 0 aliphatic heterocycles. The van der Waals surface area contributed by atoms with Crippen molar-refractivity contribution in [1.29, 1.82) is 0 Å². The fraction of sp³-hybridized carbons (Fsp3) is 0.571. The number of aryl methyl sites for hydroxylation is 1. The van der Waals surface area contributed by atoms with E-state index in [1.54, 1.807) is 6.07 Å². The van der Waals surface area contributed by atoms with Crippen molar-refractivity contribution in [1.82, 2.24) is 10.3 Å². The Balaban J connectivity index is 2.13. The number of hydrogen-bond donors (Lipinski definition) is 1. The zero-order valence-corrected chi connectivity index (χ0v) is 11.7. The first-order valence-corrected chi connectivity index (χ1v) is 6.44. The highest BCUT2D eigenvalue weighted by Crippen LogP contribution is 2.07. The Morgan fingerprint density at radius 1 is 1.42 bits per heavy atom. The number of carbonyl (C=O) groups is 1. The molecule has 0 spiro atoms. The van der Waals surface area contributed by atoms with Crippen molar-refractivity contribution >= 4 is 6.09 Å². The molecule has 1 amide bonds. The van der Waals surface area contributed by atoms with Crippen molar-refractivity contribution in [2.75, 3.05) is 6.54 Å². The van der Waals surface area contributed by atoms with E-state index in [2.05, 4.69) is 10.3 Å². The number of nitrogens with one attached hydrogen (secondary N) is 1. The lowest BCUT2D eigenvalue weighted by molar-refractivity contribution is 0.0527. The first-order chi connectivity index (χ1) is 8.87. The van der Waals surface area contributed by atoms with Crippen LogP contribution in [0.5, 0.6) is 0 Å². The summed E-state index contributed by atoms with van der Waals surface area (Å²) >= 11 is 0. The number of aromatic nitrogens is 1. The maximum absolute atomic E-state index is 12.8. The van der Waals surface area contributed by atoms with Crippen LogP contribution >= 0.6 is 0 Å². The average molecular weight is 268 g/mol. The fourth-order valence-corrected chi connectivity index (χ4v) is 1.56. The molecule has 106 valence electrons. The first kappa shape index (κ1) is 15.4. The highest BCUT2D eigenvalue weighted by molar-refractivity contribution is 5.67. The number of rotatable bonds is 5. The van der Waals surface area contributed by atoms with E-state index in [1.165, 1.54) is 12.3 Å². The van der Waals surface area contributed by atoms with Crippen LogP contribution in [0.4, 0.5) is 9.18 Å². The monoisotopic (exact) mass is 268 g/mol. The smallest absolute Gasteiger partial charge is 0.407 e. The lowest BCUT2D eigenvalue weighted by Gasteiger charge is -2.19. The van der Waals surface area contributed by atoms with Crippen molar-refractivity contribution in [3.63, 3.8) is 0 Å². The number of hydrogen-bond acceptors (Lipinski definition) is 3. The van der Waals surface area contributed by atoms with E-state index >= 15 is 0 Å². The van der Waals surface area contributed by atoms with E-state index in [4.69, 9.17) is 4.74 Å². The van der Waals surface area contributed by atoms with Gasteiger partial charge in [-0.1, -0.05) is 0 Å². The zero-order valence-electron chi connectivity index (χ0n) is 11.7. The van der Waals surface area contributed by atoms with Crippen LogP contribution in [0, 0.1) is 5.95 Å². The fourth-order valence-electron chi connectivity index (χ4n) is 1.56. The lowest BCUT2D eigenvalue weighted by atomic mass is 10.1. The maximum Gasteiger partial charge on any atom is 0.407 e. The summed E-state index contributed by atoms with van der Waals surface area (Å²) in [5.74, 6) is -0.454. The summed E-state index contributed by atoms with van der Waals surface area (Å²) in [6.07, 6.45) is 3.53. The predicted octanol–water partition coefficient (Wildman–Crippen LogP) is 3.07. The molecular formula is C14H21FN2O2. The van der Waals surface area contributed by atoms with Crippen LogP contribution in [-0.2, 0) is 11.2 Å². The van der Waals surface area contributed by atoms with E-state index in [-0.39, 0.29) is 0 Å². The van der Waals surface area contributed by atoms with E-state index in [1.807, 2.05) is 20.8 Å². The van der Waals surface area contributed by atoms with Gasteiger partial charge in [-0.05, 0) is 57.7 Å². The molecule has 0 saturated heterocycles. The molecule has 1 heterocycles. The number of alkyl carbamates (subject to hydrolysis) is 1. The van der Waals surface area contributed by atoms with Crippen LogP contribution in [0.15, 0.2) is 18.3 Å². The zero-order chi connectivity index (χ0) is 14.3. The van der Waals surface area contributed by atoms with E-state index in [0.29, 0.717) is 6.54 Å². The van der Waals surface area contributed by atoms with Crippen LogP contribution in [0.3, 0.4) is 0 Å². The molecule has 19 heavy (non-hydrogen) atoms. The summed E-state index contributed by atoms with van der Waals surface area (Å²) in [6, 6.07) is 3.23. The summed E-state index contributed by atoms with van der Waals surface area (Å²) in [7, 11) is 0. The molecule has 0 aliphatic carbocycles. The van der Waals surface area contributed by atoms with Crippen molar-refractivity contribution < 1.29 is 13.9 Å². The van der Waals surface area contributed by atoms with Gasteiger partial charge in [0.15, 0.2) is 0 Å². The highest BCUT2D eigenvalue weighted by Gasteiger charge is 2.15.